The lowest BCUT2D eigenvalue weighted by molar-refractivity contribution is -0.120. The van der Waals surface area contributed by atoms with Crippen LogP contribution in [0.1, 0.15) is 0 Å². The number of methoxy groups -OCH3 is 1. The van der Waals surface area contributed by atoms with E-state index in [9.17, 15) is 9.90 Å². The Hall–Kier alpha value is -1.05. The third kappa shape index (κ3) is 7.29. The van der Waals surface area contributed by atoms with Crippen molar-refractivity contribution in [1.29, 1.82) is 0 Å². The number of benzene rings is 1. The molecule has 124 valence electrons. The fourth-order valence-electron chi connectivity index (χ4n) is 1.51. The third-order valence-electron chi connectivity index (χ3n) is 2.65. The van der Waals surface area contributed by atoms with E-state index >= 15 is 0 Å². The van der Waals surface area contributed by atoms with Crippen LogP contribution in [0.3, 0.4) is 0 Å². The smallest absolute Gasteiger partial charge is 0.234 e. The highest BCUT2D eigenvalue weighted by molar-refractivity contribution is 6.42. The molecular weight excluding hydrogens is 331 g/mol. The molecule has 0 fully saturated rings. The highest BCUT2D eigenvalue weighted by Crippen LogP contribution is 2.31. The summed E-state index contributed by atoms with van der Waals surface area (Å²) >= 11 is 11.8. The molecule has 0 aliphatic heterocycles. The Kier molecular flexibility index (Phi) is 9.19. The molecule has 0 heterocycles. The van der Waals surface area contributed by atoms with Gasteiger partial charge in [-0.3, -0.25) is 4.79 Å². The fraction of sp³-hybridized carbons (Fsp3) is 0.500. The zero-order valence-corrected chi connectivity index (χ0v) is 13.8. The van der Waals surface area contributed by atoms with Gasteiger partial charge in [0.2, 0.25) is 5.91 Å². The van der Waals surface area contributed by atoms with E-state index in [1.165, 1.54) is 0 Å². The molecule has 22 heavy (non-hydrogen) atoms. The first-order valence-electron chi connectivity index (χ1n) is 6.75. The zero-order chi connectivity index (χ0) is 16.4. The standard InChI is InChI=1S/C14H20Cl2N2O4/c1-21-6-5-17-8-13(20)18-7-10(19)9-22-12-4-2-3-11(15)14(12)16/h2-4,10,17,19H,5-9H2,1H3,(H,18,20). The highest BCUT2D eigenvalue weighted by atomic mass is 35.5. The summed E-state index contributed by atoms with van der Waals surface area (Å²) in [5.41, 5.74) is 0. The summed E-state index contributed by atoms with van der Waals surface area (Å²) in [5, 5.41) is 15.9. The van der Waals surface area contributed by atoms with Crippen LogP contribution >= 0.6 is 23.2 Å². The minimum absolute atomic E-state index is 0.00253. The molecule has 1 atom stereocenters. The normalized spacial score (nSPS) is 12.0. The summed E-state index contributed by atoms with van der Waals surface area (Å²) in [6.07, 6.45) is -0.849. The molecule has 0 aromatic heterocycles. The van der Waals surface area contributed by atoms with Crippen molar-refractivity contribution in [2.24, 2.45) is 0 Å². The van der Waals surface area contributed by atoms with Crippen LogP contribution in [0, 0.1) is 0 Å². The molecule has 0 saturated carbocycles. The van der Waals surface area contributed by atoms with Gasteiger partial charge in [0.25, 0.3) is 0 Å². The first-order chi connectivity index (χ1) is 10.5. The van der Waals surface area contributed by atoms with Gasteiger partial charge in [0.15, 0.2) is 0 Å². The molecule has 0 bridgehead atoms. The number of hydrogen-bond donors (Lipinski definition) is 3. The fourth-order valence-corrected chi connectivity index (χ4v) is 1.86. The first kappa shape index (κ1) is 19.0. The number of aliphatic hydroxyl groups is 1. The van der Waals surface area contributed by atoms with Crippen molar-refractivity contribution in [2.45, 2.75) is 6.10 Å². The van der Waals surface area contributed by atoms with Gasteiger partial charge in [-0.2, -0.15) is 0 Å². The topological polar surface area (TPSA) is 79.8 Å². The molecule has 1 amide bonds. The molecule has 6 nitrogen and oxygen atoms in total. The number of rotatable bonds is 10. The van der Waals surface area contributed by atoms with Gasteiger partial charge in [-0.05, 0) is 12.1 Å². The number of carbonyl (C=O) groups is 1. The maximum Gasteiger partial charge on any atom is 0.234 e. The van der Waals surface area contributed by atoms with Gasteiger partial charge in [-0.1, -0.05) is 29.3 Å². The van der Waals surface area contributed by atoms with Crippen LogP contribution in [-0.2, 0) is 9.53 Å². The van der Waals surface area contributed by atoms with Gasteiger partial charge in [-0.15, -0.1) is 0 Å². The second kappa shape index (κ2) is 10.6. The second-order valence-corrected chi connectivity index (χ2v) is 5.28. The van der Waals surface area contributed by atoms with E-state index in [-0.39, 0.29) is 25.6 Å². The van der Waals surface area contributed by atoms with Crippen molar-refractivity contribution >= 4 is 29.1 Å². The molecule has 0 aliphatic carbocycles. The summed E-state index contributed by atoms with van der Waals surface area (Å²) in [7, 11) is 1.59. The van der Waals surface area contributed by atoms with Crippen LogP contribution in [0.5, 0.6) is 5.75 Å². The minimum Gasteiger partial charge on any atom is -0.489 e. The predicted octanol–water partition coefficient (Wildman–Crippen LogP) is 1.09. The molecule has 3 N–H and O–H groups in total. The SMILES string of the molecule is COCCNCC(=O)NCC(O)COc1cccc(Cl)c1Cl. The Balaban J connectivity index is 2.22. The van der Waals surface area contributed by atoms with Crippen molar-refractivity contribution in [1.82, 2.24) is 10.6 Å². The second-order valence-electron chi connectivity index (χ2n) is 4.49. The molecule has 1 aromatic rings. The summed E-state index contributed by atoms with van der Waals surface area (Å²) in [4.78, 5) is 11.5. The quantitative estimate of drug-likeness (QED) is 0.550. The maximum absolute atomic E-state index is 11.5. The van der Waals surface area contributed by atoms with Crippen molar-refractivity contribution < 1.29 is 19.4 Å². The molecular formula is C14H20Cl2N2O4. The lowest BCUT2D eigenvalue weighted by Gasteiger charge is -2.14. The molecule has 0 saturated heterocycles. The zero-order valence-electron chi connectivity index (χ0n) is 12.3. The summed E-state index contributed by atoms with van der Waals surface area (Å²) in [6.45, 7) is 1.37. The molecule has 1 rings (SSSR count). The van der Waals surface area contributed by atoms with E-state index in [1.54, 1.807) is 25.3 Å². The average molecular weight is 351 g/mol. The van der Waals surface area contributed by atoms with Crippen LogP contribution < -0.4 is 15.4 Å². The summed E-state index contributed by atoms with van der Waals surface area (Å²) < 4.78 is 10.2. The Morgan fingerprint density at radius 3 is 2.91 bits per heavy atom. The number of nitrogens with one attached hydrogen (secondary N) is 2. The van der Waals surface area contributed by atoms with Gasteiger partial charge in [0, 0.05) is 20.2 Å². The van der Waals surface area contributed by atoms with Crippen LogP contribution in [-0.4, -0.2) is 57.1 Å². The monoisotopic (exact) mass is 350 g/mol. The lowest BCUT2D eigenvalue weighted by atomic mass is 10.3. The number of hydrogen-bond acceptors (Lipinski definition) is 5. The van der Waals surface area contributed by atoms with Gasteiger partial charge in [0.1, 0.15) is 23.5 Å². The Morgan fingerprint density at radius 2 is 2.18 bits per heavy atom. The molecule has 0 aliphatic rings. The van der Waals surface area contributed by atoms with E-state index in [0.29, 0.717) is 28.9 Å². The Morgan fingerprint density at radius 1 is 1.41 bits per heavy atom. The predicted molar refractivity (Wildman–Crippen MR) is 85.7 cm³/mol. The maximum atomic E-state index is 11.5. The molecule has 1 unspecified atom stereocenters. The van der Waals surface area contributed by atoms with Crippen molar-refractivity contribution in [2.75, 3.05) is 40.0 Å². The molecule has 0 radical (unpaired) electrons. The van der Waals surface area contributed by atoms with E-state index in [2.05, 4.69) is 10.6 Å². The van der Waals surface area contributed by atoms with Gasteiger partial charge in [-0.25, -0.2) is 0 Å². The number of ether oxygens (including phenoxy) is 2. The number of halogens is 2. The van der Waals surface area contributed by atoms with Crippen molar-refractivity contribution in [3.63, 3.8) is 0 Å². The van der Waals surface area contributed by atoms with Crippen LogP contribution in [0.15, 0.2) is 18.2 Å². The van der Waals surface area contributed by atoms with E-state index in [4.69, 9.17) is 32.7 Å². The molecule has 8 heteroatoms. The molecule has 0 spiro atoms. The highest BCUT2D eigenvalue weighted by Gasteiger charge is 2.10. The van der Waals surface area contributed by atoms with E-state index in [1.807, 2.05) is 0 Å². The first-order valence-corrected chi connectivity index (χ1v) is 7.51. The van der Waals surface area contributed by atoms with E-state index < -0.39 is 6.10 Å². The van der Waals surface area contributed by atoms with Gasteiger partial charge < -0.3 is 25.2 Å². The number of amides is 1. The van der Waals surface area contributed by atoms with Crippen LogP contribution in [0.2, 0.25) is 10.0 Å². The third-order valence-corrected chi connectivity index (χ3v) is 3.45. The van der Waals surface area contributed by atoms with Gasteiger partial charge in [0.05, 0.1) is 18.2 Å². The summed E-state index contributed by atoms with van der Waals surface area (Å²) in [5.74, 6) is 0.178. The van der Waals surface area contributed by atoms with Crippen LogP contribution in [0.4, 0.5) is 0 Å². The van der Waals surface area contributed by atoms with Crippen LogP contribution in [0.25, 0.3) is 0 Å². The largest absolute Gasteiger partial charge is 0.489 e. The Labute approximate surface area is 139 Å². The number of carbonyl (C=O) groups excluding carboxylic acids is 1. The summed E-state index contributed by atoms with van der Waals surface area (Å²) in [6, 6.07) is 4.99. The Bertz CT molecular complexity index is 474. The average Bonchev–Trinajstić information content (AvgIpc) is 2.51. The van der Waals surface area contributed by atoms with Crippen molar-refractivity contribution in [3.8, 4) is 5.75 Å². The molecule has 1 aromatic carbocycles. The van der Waals surface area contributed by atoms with E-state index in [0.717, 1.165) is 0 Å². The minimum atomic E-state index is -0.849. The lowest BCUT2D eigenvalue weighted by Crippen LogP contribution is -2.40. The number of aliphatic hydroxyl groups excluding tert-OH is 1. The van der Waals surface area contributed by atoms with Crippen molar-refractivity contribution in [3.05, 3.63) is 28.2 Å². The van der Waals surface area contributed by atoms with Gasteiger partial charge >= 0.3 is 0 Å².